The average Bonchev–Trinajstić information content (AvgIpc) is 3.10. The second kappa shape index (κ2) is 7.70. The van der Waals surface area contributed by atoms with Crippen LogP contribution in [0.15, 0.2) is 64.2 Å². The Hall–Kier alpha value is -2.38. The zero-order valence-corrected chi connectivity index (χ0v) is 16.3. The number of rotatable bonds is 3. The van der Waals surface area contributed by atoms with Crippen LogP contribution < -0.4 is 5.32 Å². The third-order valence-corrected chi connectivity index (χ3v) is 5.41. The van der Waals surface area contributed by atoms with Crippen molar-refractivity contribution in [2.24, 2.45) is 5.16 Å². The normalized spacial score (nSPS) is 18.6. The van der Waals surface area contributed by atoms with Crippen molar-refractivity contribution >= 4 is 33.4 Å². The van der Waals surface area contributed by atoms with Crippen molar-refractivity contribution in [2.75, 3.05) is 18.4 Å². The molecule has 2 aromatic rings. The Morgan fingerprint density at radius 3 is 2.52 bits per heavy atom. The summed E-state index contributed by atoms with van der Waals surface area (Å²) in [7, 11) is 0. The molecular formula is C20H20BrN3O3. The van der Waals surface area contributed by atoms with Gasteiger partial charge in [-0.2, -0.15) is 0 Å². The van der Waals surface area contributed by atoms with Crippen molar-refractivity contribution in [1.82, 2.24) is 5.06 Å². The Balaban J connectivity index is 1.27. The van der Waals surface area contributed by atoms with Gasteiger partial charge in [0.05, 0.1) is 5.71 Å². The van der Waals surface area contributed by atoms with Gasteiger partial charge in [-0.1, -0.05) is 51.4 Å². The van der Waals surface area contributed by atoms with Gasteiger partial charge in [0.25, 0.3) is 0 Å². The van der Waals surface area contributed by atoms with Gasteiger partial charge in [-0.15, -0.1) is 5.06 Å². The molecule has 0 bridgehead atoms. The third-order valence-electron chi connectivity index (χ3n) is 4.88. The van der Waals surface area contributed by atoms with Gasteiger partial charge >= 0.3 is 6.09 Å². The number of hydroxylamine groups is 2. The molecule has 1 saturated heterocycles. The molecular weight excluding hydrogens is 410 g/mol. The number of nitrogens with zero attached hydrogens (tertiary/aromatic N) is 2. The molecule has 27 heavy (non-hydrogen) atoms. The lowest BCUT2D eigenvalue weighted by molar-refractivity contribution is -0.154. The molecule has 0 unspecified atom stereocenters. The fourth-order valence-corrected chi connectivity index (χ4v) is 3.62. The van der Waals surface area contributed by atoms with Crippen molar-refractivity contribution < 1.29 is 14.5 Å². The lowest BCUT2D eigenvalue weighted by Gasteiger charge is -2.35. The van der Waals surface area contributed by atoms with E-state index in [1.165, 1.54) is 0 Å². The molecule has 1 spiro atoms. The molecule has 0 aliphatic carbocycles. The Morgan fingerprint density at radius 1 is 1.11 bits per heavy atom. The summed E-state index contributed by atoms with van der Waals surface area (Å²) in [5.74, 6) is 0. The van der Waals surface area contributed by atoms with Crippen LogP contribution >= 0.6 is 15.9 Å². The highest BCUT2D eigenvalue weighted by Crippen LogP contribution is 2.36. The Kier molecular flexibility index (Phi) is 5.13. The first kappa shape index (κ1) is 18.0. The van der Waals surface area contributed by atoms with E-state index in [1.807, 2.05) is 54.6 Å². The zero-order chi connectivity index (χ0) is 18.7. The number of oxime groups is 1. The number of nitrogens with one attached hydrogen (secondary N) is 1. The zero-order valence-electron chi connectivity index (χ0n) is 14.7. The van der Waals surface area contributed by atoms with Crippen LogP contribution in [0.1, 0.15) is 24.8 Å². The molecule has 2 aliphatic rings. The van der Waals surface area contributed by atoms with Crippen molar-refractivity contribution in [2.45, 2.75) is 24.9 Å². The summed E-state index contributed by atoms with van der Waals surface area (Å²) in [6.07, 6.45) is 1.83. The summed E-state index contributed by atoms with van der Waals surface area (Å²) in [5.41, 5.74) is 2.49. The number of hydrogen-bond acceptors (Lipinski definition) is 5. The fraction of sp³-hybridized carbons (Fsp3) is 0.300. The van der Waals surface area contributed by atoms with E-state index in [9.17, 15) is 4.79 Å². The summed E-state index contributed by atoms with van der Waals surface area (Å²) in [6, 6.07) is 17.4. The smallest absolute Gasteiger partial charge is 0.388 e. The Bertz CT molecular complexity index is 831. The van der Waals surface area contributed by atoms with E-state index >= 15 is 0 Å². The van der Waals surface area contributed by atoms with Gasteiger partial charge in [-0.25, -0.2) is 4.79 Å². The number of carbonyl (C=O) groups excluding carboxylic acids is 1. The molecule has 2 heterocycles. The first-order chi connectivity index (χ1) is 13.1. The summed E-state index contributed by atoms with van der Waals surface area (Å²) >= 11 is 3.37. The maximum Gasteiger partial charge on any atom is 0.430 e. The fourth-order valence-electron chi connectivity index (χ4n) is 3.35. The highest BCUT2D eigenvalue weighted by atomic mass is 79.9. The summed E-state index contributed by atoms with van der Waals surface area (Å²) in [5, 5.41) is 8.72. The number of amides is 1. The number of halogens is 1. The summed E-state index contributed by atoms with van der Waals surface area (Å²) < 4.78 is 0.955. The van der Waals surface area contributed by atoms with Crippen LogP contribution in [0, 0.1) is 0 Å². The molecule has 0 saturated carbocycles. The maximum absolute atomic E-state index is 12.1. The predicted octanol–water partition coefficient (Wildman–Crippen LogP) is 4.57. The van der Waals surface area contributed by atoms with E-state index in [0.717, 1.165) is 35.0 Å². The van der Waals surface area contributed by atoms with Crippen LogP contribution in [0.5, 0.6) is 0 Å². The highest BCUT2D eigenvalue weighted by Gasteiger charge is 2.43. The number of carbonyl (C=O) groups is 1. The summed E-state index contributed by atoms with van der Waals surface area (Å²) in [4.78, 5) is 23.3. The maximum atomic E-state index is 12.1. The van der Waals surface area contributed by atoms with Crippen LogP contribution in [-0.2, 0) is 9.68 Å². The number of anilines is 1. The lowest BCUT2D eigenvalue weighted by Crippen LogP contribution is -2.45. The van der Waals surface area contributed by atoms with Gasteiger partial charge < -0.3 is 9.68 Å². The van der Waals surface area contributed by atoms with Gasteiger partial charge in [0.2, 0.25) is 0 Å². The molecule has 1 fully saturated rings. The van der Waals surface area contributed by atoms with Crippen LogP contribution in [0.25, 0.3) is 0 Å². The van der Waals surface area contributed by atoms with Crippen LogP contribution in [-0.4, -0.2) is 35.6 Å². The number of piperidine rings is 1. The second-order valence-electron chi connectivity index (χ2n) is 6.79. The standard InChI is InChI=1S/C20H20BrN3O3/c21-16-6-8-17(9-7-16)22-19(25)26-24-12-10-20(11-13-24)14-18(23-27-20)15-4-2-1-3-5-15/h1-9H,10-14H2,(H,22,25). The quantitative estimate of drug-likeness (QED) is 0.775. The number of benzene rings is 2. The van der Waals surface area contributed by atoms with Crippen molar-refractivity contribution in [1.29, 1.82) is 0 Å². The van der Waals surface area contributed by atoms with Crippen molar-refractivity contribution in [3.05, 3.63) is 64.6 Å². The van der Waals surface area contributed by atoms with Crippen LogP contribution in [0.2, 0.25) is 0 Å². The minimum Gasteiger partial charge on any atom is -0.388 e. The molecule has 6 nitrogen and oxygen atoms in total. The van der Waals surface area contributed by atoms with Crippen molar-refractivity contribution in [3.63, 3.8) is 0 Å². The molecule has 140 valence electrons. The molecule has 0 atom stereocenters. The highest BCUT2D eigenvalue weighted by molar-refractivity contribution is 9.10. The van der Waals surface area contributed by atoms with Crippen LogP contribution in [0.3, 0.4) is 0 Å². The van der Waals surface area contributed by atoms with E-state index in [4.69, 9.17) is 9.68 Å². The Labute approximate surface area is 166 Å². The average molecular weight is 430 g/mol. The van der Waals surface area contributed by atoms with Gasteiger partial charge in [-0.05, 0) is 29.8 Å². The molecule has 1 N–H and O–H groups in total. The molecule has 2 aliphatic heterocycles. The minimum atomic E-state index is -0.484. The largest absolute Gasteiger partial charge is 0.430 e. The van der Waals surface area contributed by atoms with Gasteiger partial charge in [0.15, 0.2) is 0 Å². The molecule has 0 aromatic heterocycles. The number of hydrogen-bond donors (Lipinski definition) is 1. The van der Waals surface area contributed by atoms with Crippen molar-refractivity contribution in [3.8, 4) is 0 Å². The monoisotopic (exact) mass is 429 g/mol. The van der Waals surface area contributed by atoms with Gasteiger partial charge in [0, 0.05) is 42.5 Å². The van der Waals surface area contributed by atoms with E-state index < -0.39 is 6.09 Å². The van der Waals surface area contributed by atoms with Gasteiger partial charge in [0.1, 0.15) is 5.60 Å². The molecule has 4 rings (SSSR count). The van der Waals surface area contributed by atoms with E-state index in [2.05, 4.69) is 26.4 Å². The molecule has 1 amide bonds. The first-order valence-corrected chi connectivity index (χ1v) is 9.71. The molecule has 0 radical (unpaired) electrons. The predicted molar refractivity (Wildman–Crippen MR) is 106 cm³/mol. The van der Waals surface area contributed by atoms with E-state index in [-0.39, 0.29) is 5.60 Å². The van der Waals surface area contributed by atoms with E-state index in [1.54, 1.807) is 5.06 Å². The van der Waals surface area contributed by atoms with Crippen LogP contribution in [0.4, 0.5) is 10.5 Å². The third kappa shape index (κ3) is 4.31. The molecule has 2 aromatic carbocycles. The Morgan fingerprint density at radius 2 is 1.81 bits per heavy atom. The first-order valence-electron chi connectivity index (χ1n) is 8.92. The second-order valence-corrected chi connectivity index (χ2v) is 7.71. The van der Waals surface area contributed by atoms with E-state index in [0.29, 0.717) is 18.8 Å². The molecule has 7 heteroatoms. The van der Waals surface area contributed by atoms with Gasteiger partial charge in [-0.3, -0.25) is 5.32 Å². The minimum absolute atomic E-state index is 0.285. The SMILES string of the molecule is O=C(Nc1ccc(Br)cc1)ON1CCC2(CC1)CC(c1ccccc1)=NO2. The lowest BCUT2D eigenvalue weighted by atomic mass is 9.86. The summed E-state index contributed by atoms with van der Waals surface area (Å²) in [6.45, 7) is 1.23. The topological polar surface area (TPSA) is 63.2 Å².